The maximum absolute atomic E-state index is 13.3. The maximum atomic E-state index is 13.3. The molecule has 0 saturated heterocycles. The number of nitrogens with one attached hydrogen (secondary N) is 2. The van der Waals surface area contributed by atoms with Gasteiger partial charge >= 0.3 is 0 Å². The Bertz CT molecular complexity index is 1210. The van der Waals surface area contributed by atoms with Gasteiger partial charge in [0.2, 0.25) is 11.8 Å². The van der Waals surface area contributed by atoms with Crippen LogP contribution in [-0.4, -0.2) is 25.7 Å². The molecule has 1 amide bonds. The topological polar surface area (TPSA) is 97.9 Å². The number of fused-ring (bicyclic) bond motifs is 1. The van der Waals surface area contributed by atoms with Crippen LogP contribution in [0.3, 0.4) is 0 Å². The molecule has 1 aromatic carbocycles. The van der Waals surface area contributed by atoms with Gasteiger partial charge in [-0.2, -0.15) is 4.98 Å². The molecule has 3 aromatic heterocycles. The molecule has 8 nitrogen and oxygen atoms in total. The lowest BCUT2D eigenvalue weighted by atomic mass is 9.98. The number of furan rings is 1. The van der Waals surface area contributed by atoms with E-state index in [1.807, 2.05) is 55.5 Å². The molecule has 2 N–H and O–H groups in total. The van der Waals surface area contributed by atoms with Crippen LogP contribution in [0.1, 0.15) is 18.7 Å². The summed E-state index contributed by atoms with van der Waals surface area (Å²) in [6.07, 6.45) is 3.27. The van der Waals surface area contributed by atoms with E-state index in [0.717, 1.165) is 0 Å². The number of nitrogens with zero attached hydrogens (tertiary/aromatic N) is 4. The SMILES string of the molecule is CC1=C(C(=O)Nc2ccccc2)C(c2ccccn2)n2nc(-c3ccco3)nc2N1. The van der Waals surface area contributed by atoms with E-state index >= 15 is 0 Å². The molecule has 148 valence electrons. The zero-order chi connectivity index (χ0) is 20.5. The van der Waals surface area contributed by atoms with Crippen molar-refractivity contribution in [2.75, 3.05) is 10.6 Å². The summed E-state index contributed by atoms with van der Waals surface area (Å²) in [6, 6.07) is 18.0. The number of pyridine rings is 1. The van der Waals surface area contributed by atoms with Crippen LogP contribution < -0.4 is 10.6 Å². The minimum atomic E-state index is -0.539. The number of aromatic nitrogens is 4. The van der Waals surface area contributed by atoms with Crippen LogP contribution >= 0.6 is 0 Å². The Labute approximate surface area is 172 Å². The highest BCUT2D eigenvalue weighted by molar-refractivity contribution is 6.05. The molecule has 30 heavy (non-hydrogen) atoms. The number of rotatable bonds is 4. The van der Waals surface area contributed by atoms with E-state index in [1.54, 1.807) is 29.3 Å². The number of carbonyl (C=O) groups excluding carboxylic acids is 1. The third-order valence-electron chi connectivity index (χ3n) is 4.84. The highest BCUT2D eigenvalue weighted by Gasteiger charge is 2.35. The van der Waals surface area contributed by atoms with Gasteiger partial charge in [-0.05, 0) is 43.3 Å². The van der Waals surface area contributed by atoms with Gasteiger partial charge < -0.3 is 15.1 Å². The first-order valence-electron chi connectivity index (χ1n) is 9.46. The molecular weight excluding hydrogens is 380 g/mol. The van der Waals surface area contributed by atoms with Gasteiger partial charge in [0.25, 0.3) is 5.91 Å². The van der Waals surface area contributed by atoms with Gasteiger partial charge in [-0.3, -0.25) is 9.78 Å². The quantitative estimate of drug-likeness (QED) is 0.542. The lowest BCUT2D eigenvalue weighted by molar-refractivity contribution is -0.113. The standard InChI is InChI=1S/C22H18N6O2/c1-14-18(21(29)25-15-8-3-2-4-9-15)19(16-10-5-6-12-23-16)28-22(24-14)26-20(27-28)17-11-7-13-30-17/h2-13,19H,1H3,(H,25,29)(H,24,26,27). The lowest BCUT2D eigenvalue weighted by Gasteiger charge is -2.28. The molecule has 0 bridgehead atoms. The number of benzene rings is 1. The molecule has 5 rings (SSSR count). The first kappa shape index (κ1) is 17.9. The first-order chi connectivity index (χ1) is 14.7. The van der Waals surface area contributed by atoms with Crippen LogP contribution in [0.15, 0.2) is 88.8 Å². The summed E-state index contributed by atoms with van der Waals surface area (Å²) in [5.41, 5.74) is 2.60. The van der Waals surface area contributed by atoms with Crippen molar-refractivity contribution >= 4 is 17.5 Å². The Morgan fingerprint density at radius 1 is 1.10 bits per heavy atom. The summed E-state index contributed by atoms with van der Waals surface area (Å²) in [5.74, 6) is 1.26. The summed E-state index contributed by atoms with van der Waals surface area (Å²) in [7, 11) is 0. The fourth-order valence-electron chi connectivity index (χ4n) is 3.49. The molecule has 0 radical (unpaired) electrons. The van der Waals surface area contributed by atoms with Crippen LogP contribution in [0.4, 0.5) is 11.6 Å². The van der Waals surface area contributed by atoms with Crippen molar-refractivity contribution in [3.63, 3.8) is 0 Å². The van der Waals surface area contributed by atoms with E-state index in [4.69, 9.17) is 4.42 Å². The van der Waals surface area contributed by atoms with Crippen molar-refractivity contribution in [1.82, 2.24) is 19.7 Å². The highest BCUT2D eigenvalue weighted by Crippen LogP contribution is 2.36. The molecule has 0 saturated carbocycles. The van der Waals surface area contributed by atoms with Crippen molar-refractivity contribution in [2.45, 2.75) is 13.0 Å². The fraction of sp³-hybridized carbons (Fsp3) is 0.0909. The zero-order valence-corrected chi connectivity index (χ0v) is 16.1. The molecule has 4 heterocycles. The normalized spacial score (nSPS) is 15.4. The van der Waals surface area contributed by atoms with Crippen LogP contribution in [-0.2, 0) is 4.79 Å². The van der Waals surface area contributed by atoms with Crippen molar-refractivity contribution in [2.24, 2.45) is 0 Å². The van der Waals surface area contributed by atoms with Gasteiger partial charge in [0.05, 0.1) is 17.5 Å². The van der Waals surface area contributed by atoms with Gasteiger partial charge in [-0.25, -0.2) is 4.68 Å². The number of para-hydroxylation sites is 1. The van der Waals surface area contributed by atoms with E-state index < -0.39 is 6.04 Å². The Morgan fingerprint density at radius 2 is 1.93 bits per heavy atom. The van der Waals surface area contributed by atoms with Crippen molar-refractivity contribution in [1.29, 1.82) is 0 Å². The van der Waals surface area contributed by atoms with Gasteiger partial charge in [0, 0.05) is 17.6 Å². The molecule has 1 aliphatic rings. The molecule has 0 aliphatic carbocycles. The molecule has 1 atom stereocenters. The monoisotopic (exact) mass is 398 g/mol. The van der Waals surface area contributed by atoms with Crippen LogP contribution in [0.25, 0.3) is 11.6 Å². The molecule has 4 aromatic rings. The molecule has 0 spiro atoms. The largest absolute Gasteiger partial charge is 0.461 e. The Kier molecular flexibility index (Phi) is 4.36. The van der Waals surface area contributed by atoms with E-state index in [0.29, 0.717) is 40.2 Å². The molecular formula is C22H18N6O2. The smallest absolute Gasteiger partial charge is 0.255 e. The third-order valence-corrected chi connectivity index (χ3v) is 4.84. The number of hydrogen-bond donors (Lipinski definition) is 2. The second-order valence-corrected chi connectivity index (χ2v) is 6.82. The van der Waals surface area contributed by atoms with E-state index in [-0.39, 0.29) is 5.91 Å². The van der Waals surface area contributed by atoms with E-state index in [9.17, 15) is 4.79 Å². The third kappa shape index (κ3) is 3.14. The average molecular weight is 398 g/mol. The highest BCUT2D eigenvalue weighted by atomic mass is 16.3. The van der Waals surface area contributed by atoms with E-state index in [1.165, 1.54) is 0 Å². The number of hydrogen-bond acceptors (Lipinski definition) is 6. The minimum absolute atomic E-state index is 0.234. The summed E-state index contributed by atoms with van der Waals surface area (Å²) in [4.78, 5) is 22.3. The molecule has 8 heteroatoms. The fourth-order valence-corrected chi connectivity index (χ4v) is 3.49. The summed E-state index contributed by atoms with van der Waals surface area (Å²) in [5, 5.41) is 10.8. The van der Waals surface area contributed by atoms with Crippen molar-refractivity contribution < 1.29 is 9.21 Å². The van der Waals surface area contributed by atoms with Gasteiger partial charge in [0.1, 0.15) is 6.04 Å². The predicted molar refractivity (Wildman–Crippen MR) is 111 cm³/mol. The lowest BCUT2D eigenvalue weighted by Crippen LogP contribution is -2.32. The molecule has 1 aliphatic heterocycles. The maximum Gasteiger partial charge on any atom is 0.255 e. The summed E-state index contributed by atoms with van der Waals surface area (Å²) < 4.78 is 7.12. The Hall–Kier alpha value is -4.20. The number of carbonyl (C=O) groups is 1. The average Bonchev–Trinajstić information content (AvgIpc) is 3.44. The number of amides is 1. The summed E-state index contributed by atoms with van der Waals surface area (Å²) in [6.45, 7) is 1.85. The van der Waals surface area contributed by atoms with E-state index in [2.05, 4.69) is 25.7 Å². The first-order valence-corrected chi connectivity index (χ1v) is 9.46. The zero-order valence-electron chi connectivity index (χ0n) is 16.1. The minimum Gasteiger partial charge on any atom is -0.461 e. The predicted octanol–water partition coefficient (Wildman–Crippen LogP) is 3.86. The van der Waals surface area contributed by atoms with Crippen LogP contribution in [0.5, 0.6) is 0 Å². The second kappa shape index (κ2) is 7.32. The summed E-state index contributed by atoms with van der Waals surface area (Å²) >= 11 is 0. The van der Waals surface area contributed by atoms with Gasteiger partial charge in [0.15, 0.2) is 5.76 Å². The van der Waals surface area contributed by atoms with Crippen molar-refractivity contribution in [3.05, 3.63) is 90.1 Å². The molecule has 1 unspecified atom stereocenters. The van der Waals surface area contributed by atoms with Gasteiger partial charge in [-0.1, -0.05) is 24.3 Å². The van der Waals surface area contributed by atoms with Crippen molar-refractivity contribution in [3.8, 4) is 11.6 Å². The second-order valence-electron chi connectivity index (χ2n) is 6.82. The Balaban J connectivity index is 1.60. The number of allylic oxidation sites excluding steroid dienone is 1. The Morgan fingerprint density at radius 3 is 2.67 bits per heavy atom. The van der Waals surface area contributed by atoms with Crippen LogP contribution in [0.2, 0.25) is 0 Å². The molecule has 0 fully saturated rings. The van der Waals surface area contributed by atoms with Crippen LogP contribution in [0, 0.1) is 0 Å². The van der Waals surface area contributed by atoms with Gasteiger partial charge in [-0.15, -0.1) is 5.10 Å². The number of anilines is 2.